The fourth-order valence-corrected chi connectivity index (χ4v) is 1.66. The molecular weight excluding hydrogens is 268 g/mol. The SMILES string of the molecule is O=C(O)c1cc(-c2ccc(C(F)F)cc2Cl)no1. The Morgan fingerprint density at radius 1 is 1.39 bits per heavy atom. The van der Waals surface area contributed by atoms with Gasteiger partial charge in [0.15, 0.2) is 0 Å². The molecule has 0 bridgehead atoms. The molecule has 1 aromatic heterocycles. The predicted molar refractivity (Wildman–Crippen MR) is 58.9 cm³/mol. The molecule has 0 saturated carbocycles. The van der Waals surface area contributed by atoms with Crippen molar-refractivity contribution >= 4 is 17.6 Å². The molecule has 1 aromatic carbocycles. The van der Waals surface area contributed by atoms with Gasteiger partial charge in [0.2, 0.25) is 5.76 Å². The highest BCUT2D eigenvalue weighted by atomic mass is 35.5. The Kier molecular flexibility index (Phi) is 3.29. The number of hydrogen-bond donors (Lipinski definition) is 1. The lowest BCUT2D eigenvalue weighted by Crippen LogP contribution is -1.91. The van der Waals surface area contributed by atoms with Gasteiger partial charge in [0.05, 0.1) is 5.02 Å². The molecule has 1 N–H and O–H groups in total. The molecule has 0 aliphatic rings. The first-order chi connectivity index (χ1) is 8.49. The number of aromatic carboxylic acids is 1. The number of rotatable bonds is 3. The maximum Gasteiger partial charge on any atom is 0.374 e. The number of aromatic nitrogens is 1. The largest absolute Gasteiger partial charge is 0.475 e. The van der Waals surface area contributed by atoms with Crippen molar-refractivity contribution in [1.82, 2.24) is 5.16 Å². The van der Waals surface area contributed by atoms with Crippen LogP contribution in [0.1, 0.15) is 22.5 Å². The maximum absolute atomic E-state index is 12.4. The van der Waals surface area contributed by atoms with Crippen LogP contribution in [0.2, 0.25) is 5.02 Å². The van der Waals surface area contributed by atoms with Gasteiger partial charge in [-0.05, 0) is 6.07 Å². The molecule has 0 amide bonds. The molecule has 18 heavy (non-hydrogen) atoms. The molecule has 4 nitrogen and oxygen atoms in total. The number of hydrogen-bond acceptors (Lipinski definition) is 3. The van der Waals surface area contributed by atoms with Crippen molar-refractivity contribution in [2.24, 2.45) is 0 Å². The van der Waals surface area contributed by atoms with Gasteiger partial charge in [0.1, 0.15) is 5.69 Å². The summed E-state index contributed by atoms with van der Waals surface area (Å²) in [5, 5.41) is 12.2. The summed E-state index contributed by atoms with van der Waals surface area (Å²) in [6.45, 7) is 0. The van der Waals surface area contributed by atoms with Crippen LogP contribution in [0.5, 0.6) is 0 Å². The monoisotopic (exact) mass is 273 g/mol. The lowest BCUT2D eigenvalue weighted by Gasteiger charge is -2.03. The molecule has 0 aliphatic carbocycles. The Morgan fingerprint density at radius 2 is 2.11 bits per heavy atom. The normalized spacial score (nSPS) is 10.9. The van der Waals surface area contributed by atoms with Gasteiger partial charge in [-0.25, -0.2) is 13.6 Å². The van der Waals surface area contributed by atoms with Crippen molar-refractivity contribution in [2.45, 2.75) is 6.43 Å². The summed E-state index contributed by atoms with van der Waals surface area (Å²) in [6, 6.07) is 4.82. The van der Waals surface area contributed by atoms with Gasteiger partial charge in [-0.3, -0.25) is 0 Å². The van der Waals surface area contributed by atoms with E-state index < -0.39 is 12.4 Å². The van der Waals surface area contributed by atoms with Gasteiger partial charge in [0.25, 0.3) is 6.43 Å². The Balaban J connectivity index is 2.41. The van der Waals surface area contributed by atoms with Crippen molar-refractivity contribution in [1.29, 1.82) is 0 Å². The minimum atomic E-state index is -2.62. The van der Waals surface area contributed by atoms with Crippen molar-refractivity contribution in [3.8, 4) is 11.3 Å². The molecule has 2 aromatic rings. The zero-order valence-corrected chi connectivity index (χ0v) is 9.49. The van der Waals surface area contributed by atoms with E-state index >= 15 is 0 Å². The molecule has 0 aliphatic heterocycles. The molecule has 0 radical (unpaired) electrons. The summed E-state index contributed by atoms with van der Waals surface area (Å²) in [6.07, 6.45) is -2.62. The number of benzene rings is 1. The van der Waals surface area contributed by atoms with E-state index in [1.54, 1.807) is 0 Å². The Labute approximate surface area is 105 Å². The van der Waals surface area contributed by atoms with Crippen LogP contribution in [-0.2, 0) is 0 Å². The van der Waals surface area contributed by atoms with Crippen molar-refractivity contribution < 1.29 is 23.2 Å². The predicted octanol–water partition coefficient (Wildman–Crippen LogP) is 3.63. The van der Waals surface area contributed by atoms with E-state index in [0.717, 1.165) is 6.07 Å². The number of carboxylic acid groups (broad SMARTS) is 1. The van der Waals surface area contributed by atoms with E-state index in [0.29, 0.717) is 5.56 Å². The third kappa shape index (κ3) is 2.33. The van der Waals surface area contributed by atoms with Crippen LogP contribution in [-0.4, -0.2) is 16.2 Å². The molecule has 0 fully saturated rings. The second-order valence-electron chi connectivity index (χ2n) is 3.42. The Bertz CT molecular complexity index is 598. The van der Waals surface area contributed by atoms with Gasteiger partial charge < -0.3 is 9.63 Å². The highest BCUT2D eigenvalue weighted by molar-refractivity contribution is 6.33. The number of halogens is 3. The Morgan fingerprint density at radius 3 is 2.61 bits per heavy atom. The molecule has 0 spiro atoms. The number of nitrogens with zero attached hydrogens (tertiary/aromatic N) is 1. The average Bonchev–Trinajstić information content (AvgIpc) is 2.78. The van der Waals surface area contributed by atoms with Crippen LogP contribution >= 0.6 is 11.6 Å². The summed E-state index contributed by atoms with van der Waals surface area (Å²) in [5.74, 6) is -1.62. The maximum atomic E-state index is 12.4. The molecule has 1 heterocycles. The van der Waals surface area contributed by atoms with Gasteiger partial charge in [0, 0.05) is 17.2 Å². The van der Waals surface area contributed by atoms with Crippen LogP contribution in [0, 0.1) is 0 Å². The van der Waals surface area contributed by atoms with Crippen LogP contribution in [0.25, 0.3) is 11.3 Å². The summed E-state index contributed by atoms with van der Waals surface area (Å²) >= 11 is 5.83. The first kappa shape index (κ1) is 12.5. The third-order valence-corrected chi connectivity index (χ3v) is 2.55. The molecule has 0 saturated heterocycles. The molecule has 2 rings (SSSR count). The van der Waals surface area contributed by atoms with Crippen LogP contribution in [0.15, 0.2) is 28.8 Å². The van der Waals surface area contributed by atoms with Crippen LogP contribution < -0.4 is 0 Å². The molecule has 0 unspecified atom stereocenters. The van der Waals surface area contributed by atoms with Gasteiger partial charge in [-0.15, -0.1) is 0 Å². The zero-order chi connectivity index (χ0) is 13.3. The minimum absolute atomic E-state index is 0.0537. The first-order valence-electron chi connectivity index (χ1n) is 4.77. The van der Waals surface area contributed by atoms with E-state index in [1.807, 2.05) is 0 Å². The number of carbonyl (C=O) groups is 1. The van der Waals surface area contributed by atoms with E-state index in [-0.39, 0.29) is 22.0 Å². The number of alkyl halides is 2. The summed E-state index contributed by atoms with van der Waals surface area (Å²) < 4.78 is 29.4. The van der Waals surface area contributed by atoms with Gasteiger partial charge in [-0.1, -0.05) is 28.9 Å². The van der Waals surface area contributed by atoms with Gasteiger partial charge >= 0.3 is 5.97 Å². The highest BCUT2D eigenvalue weighted by Gasteiger charge is 2.16. The molecule has 7 heteroatoms. The average molecular weight is 274 g/mol. The first-order valence-corrected chi connectivity index (χ1v) is 5.15. The smallest absolute Gasteiger partial charge is 0.374 e. The van der Waals surface area contributed by atoms with Crippen molar-refractivity contribution in [2.75, 3.05) is 0 Å². The third-order valence-electron chi connectivity index (χ3n) is 2.24. The van der Waals surface area contributed by atoms with E-state index in [9.17, 15) is 13.6 Å². The van der Waals surface area contributed by atoms with Crippen molar-refractivity contribution in [3.63, 3.8) is 0 Å². The topological polar surface area (TPSA) is 63.3 Å². The standard InChI is InChI=1S/C11H6ClF2NO3/c12-7-3-5(10(13)14)1-2-6(7)8-4-9(11(16)17)18-15-8/h1-4,10H,(H,16,17). The lowest BCUT2D eigenvalue weighted by atomic mass is 10.1. The van der Waals surface area contributed by atoms with E-state index in [2.05, 4.69) is 9.68 Å². The van der Waals surface area contributed by atoms with Crippen LogP contribution in [0.3, 0.4) is 0 Å². The van der Waals surface area contributed by atoms with E-state index in [4.69, 9.17) is 16.7 Å². The number of carboxylic acids is 1. The van der Waals surface area contributed by atoms with Crippen LogP contribution in [0.4, 0.5) is 8.78 Å². The summed E-state index contributed by atoms with van der Waals surface area (Å²) in [7, 11) is 0. The quantitative estimate of drug-likeness (QED) is 0.927. The van der Waals surface area contributed by atoms with Crippen molar-refractivity contribution in [3.05, 3.63) is 40.6 Å². The fraction of sp³-hybridized carbons (Fsp3) is 0.0909. The molecule has 94 valence electrons. The molecular formula is C11H6ClF2NO3. The zero-order valence-electron chi connectivity index (χ0n) is 8.73. The Hall–Kier alpha value is -1.95. The minimum Gasteiger partial charge on any atom is -0.475 e. The molecule has 0 atom stereocenters. The second kappa shape index (κ2) is 4.73. The van der Waals surface area contributed by atoms with E-state index in [1.165, 1.54) is 18.2 Å². The second-order valence-corrected chi connectivity index (χ2v) is 3.83. The summed E-state index contributed by atoms with van der Waals surface area (Å²) in [5.41, 5.74) is 0.293. The summed E-state index contributed by atoms with van der Waals surface area (Å²) in [4.78, 5) is 10.6. The lowest BCUT2D eigenvalue weighted by molar-refractivity contribution is 0.0652. The van der Waals surface area contributed by atoms with Gasteiger partial charge in [-0.2, -0.15) is 0 Å². The highest BCUT2D eigenvalue weighted by Crippen LogP contribution is 2.31. The fourth-order valence-electron chi connectivity index (χ4n) is 1.38.